The SMILES string of the molecule is CCCCCCCCCCCCCCCCCC(=O)O.OCCO.OCCO.OCCO. The molecule has 0 aromatic rings. The molecule has 0 bridgehead atoms. The fraction of sp³-hybridized carbons (Fsp3) is 0.958. The van der Waals surface area contributed by atoms with Gasteiger partial charge in [0.2, 0.25) is 0 Å². The van der Waals surface area contributed by atoms with Crippen molar-refractivity contribution >= 4 is 5.97 Å². The molecule has 32 heavy (non-hydrogen) atoms. The minimum absolute atomic E-state index is 0.125. The van der Waals surface area contributed by atoms with E-state index in [0.717, 1.165) is 12.8 Å². The van der Waals surface area contributed by atoms with E-state index < -0.39 is 5.97 Å². The van der Waals surface area contributed by atoms with Gasteiger partial charge in [-0.1, -0.05) is 96.8 Å². The quantitative estimate of drug-likeness (QED) is 0.142. The van der Waals surface area contributed by atoms with E-state index in [-0.39, 0.29) is 39.6 Å². The summed E-state index contributed by atoms with van der Waals surface area (Å²) >= 11 is 0. The standard InChI is InChI=1S/C18H36O2.3C2H6O2/c1-2-3-4-5-6-7-8-9-10-11-12-13-14-15-16-17-18(19)20;3*3-1-2-4/h2-17H2,1H3,(H,19,20);3*3-4H,1-2H2. The predicted molar refractivity (Wildman–Crippen MR) is 130 cm³/mol. The first kappa shape index (κ1) is 38.5. The zero-order chi connectivity index (χ0) is 25.1. The van der Waals surface area contributed by atoms with Gasteiger partial charge in [0.15, 0.2) is 0 Å². The van der Waals surface area contributed by atoms with Gasteiger partial charge in [0, 0.05) is 6.42 Å². The van der Waals surface area contributed by atoms with E-state index in [9.17, 15) is 4.79 Å². The predicted octanol–water partition coefficient (Wildman–Crippen LogP) is 3.25. The van der Waals surface area contributed by atoms with Gasteiger partial charge >= 0.3 is 5.97 Å². The largest absolute Gasteiger partial charge is 0.481 e. The van der Waals surface area contributed by atoms with Crippen LogP contribution in [0, 0.1) is 0 Å². The molecule has 8 heteroatoms. The third-order valence-corrected chi connectivity index (χ3v) is 4.29. The van der Waals surface area contributed by atoms with Gasteiger partial charge in [-0.2, -0.15) is 0 Å². The molecule has 0 aromatic heterocycles. The number of rotatable bonds is 19. The van der Waals surface area contributed by atoms with Crippen LogP contribution in [0.2, 0.25) is 0 Å². The van der Waals surface area contributed by atoms with Crippen molar-refractivity contribution in [2.75, 3.05) is 39.6 Å². The molecule has 0 amide bonds. The Bertz CT molecular complexity index is 276. The van der Waals surface area contributed by atoms with Crippen LogP contribution < -0.4 is 0 Å². The molecule has 198 valence electrons. The fourth-order valence-corrected chi connectivity index (χ4v) is 2.65. The Labute approximate surface area is 196 Å². The molecule has 0 radical (unpaired) electrons. The number of carbonyl (C=O) groups is 1. The lowest BCUT2D eigenvalue weighted by atomic mass is 10.0. The Balaban J connectivity index is -0.000000267. The van der Waals surface area contributed by atoms with E-state index in [1.54, 1.807) is 0 Å². The Kier molecular flexibility index (Phi) is 52.9. The molecule has 0 fully saturated rings. The third kappa shape index (κ3) is 63.0. The van der Waals surface area contributed by atoms with Gasteiger partial charge in [-0.25, -0.2) is 0 Å². The van der Waals surface area contributed by atoms with Gasteiger partial charge in [-0.15, -0.1) is 0 Å². The first-order valence-corrected chi connectivity index (χ1v) is 12.4. The Morgan fingerprint density at radius 3 is 0.844 bits per heavy atom. The first-order valence-electron chi connectivity index (χ1n) is 12.4. The summed E-state index contributed by atoms with van der Waals surface area (Å²) in [6.45, 7) is 1.52. The number of aliphatic carboxylic acids is 1. The highest BCUT2D eigenvalue weighted by Gasteiger charge is 1.97. The highest BCUT2D eigenvalue weighted by Crippen LogP contribution is 2.13. The lowest BCUT2D eigenvalue weighted by Crippen LogP contribution is -1.93. The zero-order valence-corrected chi connectivity index (χ0v) is 20.6. The van der Waals surface area contributed by atoms with Crippen molar-refractivity contribution in [3.8, 4) is 0 Å². The second-order valence-corrected chi connectivity index (χ2v) is 7.44. The van der Waals surface area contributed by atoms with Crippen molar-refractivity contribution in [3.05, 3.63) is 0 Å². The molecule has 0 heterocycles. The van der Waals surface area contributed by atoms with E-state index in [0.29, 0.717) is 6.42 Å². The summed E-state index contributed by atoms with van der Waals surface area (Å²) in [6, 6.07) is 0. The number of hydrogen-bond donors (Lipinski definition) is 7. The van der Waals surface area contributed by atoms with Crippen LogP contribution in [-0.2, 0) is 4.79 Å². The summed E-state index contributed by atoms with van der Waals surface area (Å²) in [5.41, 5.74) is 0. The summed E-state index contributed by atoms with van der Waals surface area (Å²) in [4.78, 5) is 10.3. The molecule has 0 aromatic carbocycles. The normalized spacial score (nSPS) is 9.59. The molecule has 0 atom stereocenters. The summed E-state index contributed by atoms with van der Waals surface area (Å²) < 4.78 is 0. The van der Waals surface area contributed by atoms with Gasteiger partial charge in [0.25, 0.3) is 0 Å². The summed E-state index contributed by atoms with van der Waals surface area (Å²) in [5.74, 6) is -0.653. The average molecular weight is 471 g/mol. The van der Waals surface area contributed by atoms with Crippen molar-refractivity contribution in [3.63, 3.8) is 0 Å². The van der Waals surface area contributed by atoms with E-state index in [4.69, 9.17) is 35.7 Å². The van der Waals surface area contributed by atoms with Crippen molar-refractivity contribution in [2.45, 2.75) is 110 Å². The van der Waals surface area contributed by atoms with Crippen LogP contribution >= 0.6 is 0 Å². The van der Waals surface area contributed by atoms with Gasteiger partial charge in [0.05, 0.1) is 39.6 Å². The molecule has 0 saturated carbocycles. The molecule has 0 unspecified atom stereocenters. The van der Waals surface area contributed by atoms with Crippen LogP contribution in [0.25, 0.3) is 0 Å². The van der Waals surface area contributed by atoms with Crippen LogP contribution in [0.4, 0.5) is 0 Å². The van der Waals surface area contributed by atoms with Crippen molar-refractivity contribution in [1.29, 1.82) is 0 Å². The lowest BCUT2D eigenvalue weighted by Gasteiger charge is -2.03. The highest BCUT2D eigenvalue weighted by molar-refractivity contribution is 5.66. The second-order valence-electron chi connectivity index (χ2n) is 7.44. The monoisotopic (exact) mass is 470 g/mol. The third-order valence-electron chi connectivity index (χ3n) is 4.29. The number of aliphatic hydroxyl groups excluding tert-OH is 6. The molecule has 0 aliphatic carbocycles. The number of aliphatic hydroxyl groups is 6. The molecule has 0 aliphatic heterocycles. The Morgan fingerprint density at radius 1 is 0.438 bits per heavy atom. The van der Waals surface area contributed by atoms with Crippen LogP contribution in [0.1, 0.15) is 110 Å². The molecule has 0 aliphatic rings. The van der Waals surface area contributed by atoms with Gasteiger partial charge in [-0.3, -0.25) is 4.79 Å². The molecule has 7 N–H and O–H groups in total. The lowest BCUT2D eigenvalue weighted by molar-refractivity contribution is -0.137. The van der Waals surface area contributed by atoms with E-state index in [1.165, 1.54) is 83.5 Å². The molecule has 8 nitrogen and oxygen atoms in total. The number of hydrogen-bond acceptors (Lipinski definition) is 7. The molecule has 0 rings (SSSR count). The van der Waals surface area contributed by atoms with Crippen LogP contribution in [-0.4, -0.2) is 81.4 Å². The van der Waals surface area contributed by atoms with Crippen molar-refractivity contribution < 1.29 is 40.5 Å². The Morgan fingerprint density at radius 2 is 0.656 bits per heavy atom. The van der Waals surface area contributed by atoms with Crippen LogP contribution in [0.5, 0.6) is 0 Å². The van der Waals surface area contributed by atoms with Gasteiger partial charge in [0.1, 0.15) is 0 Å². The summed E-state index contributed by atoms with van der Waals surface area (Å²) in [5, 5.41) is 54.3. The summed E-state index contributed by atoms with van der Waals surface area (Å²) in [6.07, 6.45) is 20.2. The second kappa shape index (κ2) is 44.0. The molecule has 0 saturated heterocycles. The van der Waals surface area contributed by atoms with Gasteiger partial charge < -0.3 is 35.7 Å². The molecular formula is C24H54O8. The summed E-state index contributed by atoms with van der Waals surface area (Å²) in [7, 11) is 0. The minimum Gasteiger partial charge on any atom is -0.481 e. The maximum absolute atomic E-state index is 10.3. The maximum Gasteiger partial charge on any atom is 0.303 e. The van der Waals surface area contributed by atoms with Crippen molar-refractivity contribution in [2.24, 2.45) is 0 Å². The topological polar surface area (TPSA) is 159 Å². The van der Waals surface area contributed by atoms with E-state index in [1.807, 2.05) is 0 Å². The van der Waals surface area contributed by atoms with Crippen LogP contribution in [0.15, 0.2) is 0 Å². The molecular weight excluding hydrogens is 416 g/mol. The zero-order valence-electron chi connectivity index (χ0n) is 20.6. The smallest absolute Gasteiger partial charge is 0.303 e. The minimum atomic E-state index is -0.653. The Hall–Kier alpha value is -0.770. The van der Waals surface area contributed by atoms with Crippen LogP contribution in [0.3, 0.4) is 0 Å². The first-order chi connectivity index (χ1) is 15.5. The number of carboxylic acid groups (broad SMARTS) is 1. The van der Waals surface area contributed by atoms with E-state index in [2.05, 4.69) is 6.92 Å². The fourth-order valence-electron chi connectivity index (χ4n) is 2.65. The average Bonchev–Trinajstić information content (AvgIpc) is 2.81. The highest BCUT2D eigenvalue weighted by atomic mass is 16.4. The van der Waals surface area contributed by atoms with E-state index >= 15 is 0 Å². The number of unbranched alkanes of at least 4 members (excludes halogenated alkanes) is 14. The van der Waals surface area contributed by atoms with Gasteiger partial charge in [-0.05, 0) is 6.42 Å². The van der Waals surface area contributed by atoms with Crippen molar-refractivity contribution in [1.82, 2.24) is 0 Å². The maximum atomic E-state index is 10.3. The number of carboxylic acids is 1. The molecule has 0 spiro atoms.